The standard InChI is InChI=1S/C16H26N6O4/c1-12-19-14(22(25)26)11-20(12)9-6-16(24)21-8-3-2-4-13(21)10-18-15(23)5-7-17/h11,13H,2-10,17H2,1H3,(H,18,23). The predicted molar refractivity (Wildman–Crippen MR) is 94.3 cm³/mol. The maximum absolute atomic E-state index is 12.6. The molecule has 1 fully saturated rings. The lowest BCUT2D eigenvalue weighted by Crippen LogP contribution is -2.49. The van der Waals surface area contributed by atoms with E-state index >= 15 is 0 Å². The highest BCUT2D eigenvalue weighted by Crippen LogP contribution is 2.18. The van der Waals surface area contributed by atoms with Crippen LogP contribution in [0.2, 0.25) is 0 Å². The number of piperidine rings is 1. The molecule has 2 rings (SSSR count). The molecule has 1 aromatic rings. The summed E-state index contributed by atoms with van der Waals surface area (Å²) in [5, 5.41) is 13.6. The molecule has 1 aliphatic heterocycles. The number of nitrogens with one attached hydrogen (secondary N) is 1. The van der Waals surface area contributed by atoms with Crippen LogP contribution in [0.4, 0.5) is 5.82 Å². The van der Waals surface area contributed by atoms with Crippen LogP contribution in [0, 0.1) is 17.0 Å². The minimum Gasteiger partial charge on any atom is -0.358 e. The summed E-state index contributed by atoms with van der Waals surface area (Å²) in [5.41, 5.74) is 5.37. The predicted octanol–water partition coefficient (Wildman–Crippen LogP) is 0.336. The fraction of sp³-hybridized carbons (Fsp3) is 0.688. The second-order valence-electron chi connectivity index (χ2n) is 6.43. The molecule has 1 saturated heterocycles. The van der Waals surface area contributed by atoms with Crippen molar-refractivity contribution in [2.75, 3.05) is 19.6 Å². The van der Waals surface area contributed by atoms with Gasteiger partial charge in [-0.25, -0.2) is 0 Å². The normalized spacial score (nSPS) is 17.2. The van der Waals surface area contributed by atoms with E-state index in [-0.39, 0.29) is 36.5 Å². The van der Waals surface area contributed by atoms with Gasteiger partial charge in [-0.05, 0) is 29.2 Å². The van der Waals surface area contributed by atoms with Crippen LogP contribution in [0.3, 0.4) is 0 Å². The molecule has 26 heavy (non-hydrogen) atoms. The van der Waals surface area contributed by atoms with Crippen LogP contribution < -0.4 is 11.1 Å². The van der Waals surface area contributed by atoms with Crippen molar-refractivity contribution in [1.82, 2.24) is 19.8 Å². The molecule has 1 atom stereocenters. The zero-order chi connectivity index (χ0) is 19.1. The van der Waals surface area contributed by atoms with E-state index in [4.69, 9.17) is 5.73 Å². The lowest BCUT2D eigenvalue weighted by molar-refractivity contribution is -0.389. The summed E-state index contributed by atoms with van der Waals surface area (Å²) in [6, 6.07) is -0.0174. The Labute approximate surface area is 151 Å². The Morgan fingerprint density at radius 2 is 2.19 bits per heavy atom. The second-order valence-corrected chi connectivity index (χ2v) is 6.43. The molecule has 1 unspecified atom stereocenters. The molecule has 3 N–H and O–H groups in total. The average molecular weight is 366 g/mol. The van der Waals surface area contributed by atoms with Gasteiger partial charge >= 0.3 is 5.82 Å². The molecule has 10 heteroatoms. The maximum Gasteiger partial charge on any atom is 0.381 e. The number of likely N-dealkylation sites (tertiary alicyclic amines) is 1. The summed E-state index contributed by atoms with van der Waals surface area (Å²) in [6.45, 7) is 3.41. The fourth-order valence-electron chi connectivity index (χ4n) is 3.16. The highest BCUT2D eigenvalue weighted by molar-refractivity contribution is 5.77. The van der Waals surface area contributed by atoms with Crippen molar-refractivity contribution in [2.24, 2.45) is 5.73 Å². The van der Waals surface area contributed by atoms with Crippen LogP contribution >= 0.6 is 0 Å². The van der Waals surface area contributed by atoms with Crippen LogP contribution in [0.15, 0.2) is 6.20 Å². The molecule has 0 saturated carbocycles. The van der Waals surface area contributed by atoms with Gasteiger partial charge in [0.1, 0.15) is 6.20 Å². The highest BCUT2D eigenvalue weighted by Gasteiger charge is 2.27. The third-order valence-electron chi connectivity index (χ3n) is 4.57. The van der Waals surface area contributed by atoms with E-state index in [9.17, 15) is 19.7 Å². The maximum atomic E-state index is 12.6. The number of imidazole rings is 1. The molecule has 2 amide bonds. The Morgan fingerprint density at radius 3 is 2.85 bits per heavy atom. The number of hydrogen-bond donors (Lipinski definition) is 2. The Bertz CT molecular complexity index is 659. The molecule has 144 valence electrons. The molecule has 10 nitrogen and oxygen atoms in total. The number of nitrogens with zero attached hydrogens (tertiary/aromatic N) is 4. The largest absolute Gasteiger partial charge is 0.381 e. The third kappa shape index (κ3) is 5.25. The lowest BCUT2D eigenvalue weighted by Gasteiger charge is -2.36. The Morgan fingerprint density at radius 1 is 1.42 bits per heavy atom. The first kappa shape index (κ1) is 19.8. The monoisotopic (exact) mass is 366 g/mol. The van der Waals surface area contributed by atoms with Crippen molar-refractivity contribution < 1.29 is 14.5 Å². The number of carbonyl (C=O) groups is 2. The summed E-state index contributed by atoms with van der Waals surface area (Å²) in [5.74, 6) is 0.174. The van der Waals surface area contributed by atoms with Crippen LogP contribution in [0.25, 0.3) is 0 Å². The van der Waals surface area contributed by atoms with Gasteiger partial charge in [0, 0.05) is 52.0 Å². The van der Waals surface area contributed by atoms with Crippen molar-refractivity contribution in [1.29, 1.82) is 0 Å². The molecule has 0 aromatic carbocycles. The Balaban J connectivity index is 1.91. The van der Waals surface area contributed by atoms with Gasteiger partial charge in [0.05, 0.1) is 0 Å². The molecule has 0 spiro atoms. The first-order valence-electron chi connectivity index (χ1n) is 8.86. The van der Waals surface area contributed by atoms with Gasteiger partial charge in [0.2, 0.25) is 17.6 Å². The van der Waals surface area contributed by atoms with Crippen molar-refractivity contribution >= 4 is 17.6 Å². The lowest BCUT2D eigenvalue weighted by atomic mass is 10.0. The van der Waals surface area contributed by atoms with Gasteiger partial charge in [-0.15, -0.1) is 0 Å². The van der Waals surface area contributed by atoms with Gasteiger partial charge in [-0.1, -0.05) is 0 Å². The molecule has 1 aliphatic rings. The van der Waals surface area contributed by atoms with E-state index < -0.39 is 4.92 Å². The van der Waals surface area contributed by atoms with E-state index in [1.165, 1.54) is 6.20 Å². The Hall–Kier alpha value is -2.49. The van der Waals surface area contributed by atoms with Gasteiger partial charge in [0.15, 0.2) is 0 Å². The van der Waals surface area contributed by atoms with Crippen LogP contribution in [0.5, 0.6) is 0 Å². The van der Waals surface area contributed by atoms with Crippen molar-refractivity contribution in [3.05, 3.63) is 22.1 Å². The van der Waals surface area contributed by atoms with Gasteiger partial charge in [-0.3, -0.25) is 9.59 Å². The summed E-state index contributed by atoms with van der Waals surface area (Å²) >= 11 is 0. The molecule has 0 radical (unpaired) electrons. The molecule has 1 aromatic heterocycles. The summed E-state index contributed by atoms with van der Waals surface area (Å²) in [7, 11) is 0. The number of aromatic nitrogens is 2. The molecule has 0 aliphatic carbocycles. The molecular formula is C16H26N6O4. The third-order valence-corrected chi connectivity index (χ3v) is 4.57. The van der Waals surface area contributed by atoms with Crippen molar-refractivity contribution in [3.63, 3.8) is 0 Å². The van der Waals surface area contributed by atoms with Gasteiger partial charge < -0.3 is 30.6 Å². The Kier molecular flexibility index (Phi) is 7.07. The molecule has 2 heterocycles. The zero-order valence-corrected chi connectivity index (χ0v) is 15.0. The number of rotatable bonds is 8. The topological polar surface area (TPSA) is 136 Å². The van der Waals surface area contributed by atoms with Crippen LogP contribution in [0.1, 0.15) is 37.9 Å². The van der Waals surface area contributed by atoms with Crippen LogP contribution in [-0.2, 0) is 16.1 Å². The first-order valence-corrected chi connectivity index (χ1v) is 8.86. The van der Waals surface area contributed by atoms with E-state index in [0.29, 0.717) is 32.0 Å². The smallest absolute Gasteiger partial charge is 0.358 e. The highest BCUT2D eigenvalue weighted by atomic mass is 16.6. The molecular weight excluding hydrogens is 340 g/mol. The number of hydrogen-bond acceptors (Lipinski definition) is 6. The zero-order valence-electron chi connectivity index (χ0n) is 15.0. The summed E-state index contributed by atoms with van der Waals surface area (Å²) < 4.78 is 1.62. The summed E-state index contributed by atoms with van der Waals surface area (Å²) in [6.07, 6.45) is 4.68. The second kappa shape index (κ2) is 9.27. The van der Waals surface area contributed by atoms with E-state index in [2.05, 4.69) is 10.3 Å². The quantitative estimate of drug-likeness (QED) is 0.503. The van der Waals surface area contributed by atoms with Gasteiger partial charge in [-0.2, -0.15) is 0 Å². The van der Waals surface area contributed by atoms with Crippen LogP contribution in [-0.4, -0.2) is 56.9 Å². The number of amides is 2. The number of carbonyl (C=O) groups excluding carboxylic acids is 2. The van der Waals surface area contributed by atoms with E-state index in [1.54, 1.807) is 11.5 Å². The number of aryl methyl sites for hydroxylation is 2. The fourth-order valence-corrected chi connectivity index (χ4v) is 3.16. The minimum absolute atomic E-state index is 0.0153. The first-order chi connectivity index (χ1) is 12.4. The van der Waals surface area contributed by atoms with E-state index in [1.807, 2.05) is 4.90 Å². The molecule has 0 bridgehead atoms. The summed E-state index contributed by atoms with van der Waals surface area (Å²) in [4.78, 5) is 40.1. The number of nitro groups is 1. The van der Waals surface area contributed by atoms with Crippen molar-refractivity contribution in [3.8, 4) is 0 Å². The van der Waals surface area contributed by atoms with E-state index in [0.717, 1.165) is 19.3 Å². The number of nitrogens with two attached hydrogens (primary N) is 1. The van der Waals surface area contributed by atoms with Crippen molar-refractivity contribution in [2.45, 2.75) is 51.6 Å². The minimum atomic E-state index is -0.546. The average Bonchev–Trinajstić information content (AvgIpc) is 2.99. The van der Waals surface area contributed by atoms with Gasteiger partial charge in [0.25, 0.3) is 0 Å². The SMILES string of the molecule is Cc1nc([N+](=O)[O-])cn1CCC(=O)N1CCCCC1CNC(=O)CCN.